The summed E-state index contributed by atoms with van der Waals surface area (Å²) >= 11 is 0. The molecular weight excluding hydrogens is 703 g/mol. The summed E-state index contributed by atoms with van der Waals surface area (Å²) in [4.78, 5) is 57.7. The van der Waals surface area contributed by atoms with Crippen molar-refractivity contribution >= 4 is 40.6 Å². The lowest BCUT2D eigenvalue weighted by atomic mass is 9.57. The molecule has 8 N–H and O–H groups in total. The summed E-state index contributed by atoms with van der Waals surface area (Å²) in [5.41, 5.74) is -0.436. The molecule has 0 aliphatic heterocycles. The first kappa shape index (κ1) is 39.1. The molecule has 0 bridgehead atoms. The minimum Gasteiger partial charge on any atom is -0.508 e. The third kappa shape index (κ3) is 6.79. The molecule has 14 nitrogen and oxygen atoms in total. The molecule has 3 aliphatic carbocycles. The molecule has 0 heterocycles. The SMILES string of the molecule is CN(C)c1cc(CN(CC(C)(C)O)C(=O)Nc2ccc(C(F)(F)F)cc2)c(O)c2c1C[C@H]1C[C@H]3[C@H](N(C)C)C(=O)C(C(N)=O)=C(O)[C@@]3(O)C(=O)C1=C2O. The van der Waals surface area contributed by atoms with E-state index in [0.29, 0.717) is 11.3 Å². The number of primary amides is 1. The maximum atomic E-state index is 14.3. The lowest BCUT2D eigenvalue weighted by molar-refractivity contribution is -0.153. The van der Waals surface area contributed by atoms with Gasteiger partial charge in [-0.15, -0.1) is 0 Å². The number of carbonyl (C=O) groups is 4. The zero-order valence-corrected chi connectivity index (χ0v) is 29.9. The number of hydrogen-bond acceptors (Lipinski definition) is 11. The van der Waals surface area contributed by atoms with E-state index in [1.165, 1.54) is 32.8 Å². The zero-order valence-electron chi connectivity index (χ0n) is 29.9. The largest absolute Gasteiger partial charge is 0.508 e. The van der Waals surface area contributed by atoms with Crippen LogP contribution in [0.1, 0.15) is 42.5 Å². The zero-order chi connectivity index (χ0) is 39.7. The van der Waals surface area contributed by atoms with Gasteiger partial charge < -0.3 is 46.4 Å². The van der Waals surface area contributed by atoms with Gasteiger partial charge >= 0.3 is 12.2 Å². The second-order valence-electron chi connectivity index (χ2n) is 14.8. The van der Waals surface area contributed by atoms with Gasteiger partial charge in [-0.2, -0.15) is 13.2 Å². The van der Waals surface area contributed by atoms with E-state index in [0.717, 1.165) is 29.2 Å². The maximum absolute atomic E-state index is 14.3. The number of rotatable bonds is 8. The Morgan fingerprint density at radius 3 is 2.15 bits per heavy atom. The Hall–Kier alpha value is -5.13. The minimum absolute atomic E-state index is 0.0190. The van der Waals surface area contributed by atoms with Gasteiger partial charge in [0, 0.05) is 42.5 Å². The lowest BCUT2D eigenvalue weighted by Crippen LogP contribution is -2.65. The first-order valence-corrected chi connectivity index (χ1v) is 16.6. The summed E-state index contributed by atoms with van der Waals surface area (Å²) in [5, 5.41) is 59.8. The number of amides is 3. The van der Waals surface area contributed by atoms with Gasteiger partial charge in [0.05, 0.1) is 35.9 Å². The molecule has 4 atom stereocenters. The normalized spacial score (nSPS) is 23.1. The number of phenols is 1. The number of aliphatic hydroxyl groups is 4. The summed E-state index contributed by atoms with van der Waals surface area (Å²) in [6, 6.07) is 3.17. The highest BCUT2D eigenvalue weighted by atomic mass is 19.4. The van der Waals surface area contributed by atoms with Crippen LogP contribution < -0.4 is 16.0 Å². The molecule has 0 aromatic heterocycles. The number of halogens is 3. The number of phenolic OH excluding ortho intramolecular Hbond substituents is 1. The number of nitrogens with one attached hydrogen (secondary N) is 1. The van der Waals surface area contributed by atoms with Crippen molar-refractivity contribution in [2.24, 2.45) is 17.6 Å². The smallest absolute Gasteiger partial charge is 0.416 e. The Labute approximate surface area is 302 Å². The van der Waals surface area contributed by atoms with E-state index in [1.807, 2.05) is 0 Å². The van der Waals surface area contributed by atoms with E-state index in [4.69, 9.17) is 5.73 Å². The number of nitrogens with two attached hydrogens (primary N) is 1. The molecule has 3 amide bonds. The van der Waals surface area contributed by atoms with Gasteiger partial charge in [0.2, 0.25) is 5.78 Å². The van der Waals surface area contributed by atoms with Crippen LogP contribution in [-0.2, 0) is 33.5 Å². The number of urea groups is 1. The van der Waals surface area contributed by atoms with Gasteiger partial charge in [0.15, 0.2) is 11.4 Å². The average molecular weight is 746 g/mol. The van der Waals surface area contributed by atoms with Crippen LogP contribution in [0.2, 0.25) is 0 Å². The fourth-order valence-corrected chi connectivity index (χ4v) is 7.68. The van der Waals surface area contributed by atoms with Crippen LogP contribution in [0.3, 0.4) is 0 Å². The second-order valence-corrected chi connectivity index (χ2v) is 14.8. The molecule has 0 spiro atoms. The van der Waals surface area contributed by atoms with Crippen molar-refractivity contribution in [3.8, 4) is 5.75 Å². The van der Waals surface area contributed by atoms with E-state index < -0.39 is 93.7 Å². The Morgan fingerprint density at radius 1 is 1.04 bits per heavy atom. The quantitative estimate of drug-likeness (QED) is 0.195. The number of fused-ring (bicyclic) bond motifs is 3. The van der Waals surface area contributed by atoms with Gasteiger partial charge in [0.1, 0.15) is 22.8 Å². The van der Waals surface area contributed by atoms with Gasteiger partial charge in [0.25, 0.3) is 5.91 Å². The monoisotopic (exact) mass is 745 g/mol. The molecule has 1 saturated carbocycles. The van der Waals surface area contributed by atoms with E-state index >= 15 is 0 Å². The number of anilines is 2. The highest BCUT2D eigenvalue weighted by Crippen LogP contribution is 2.54. The van der Waals surface area contributed by atoms with Crippen LogP contribution in [0, 0.1) is 11.8 Å². The molecule has 0 unspecified atom stereocenters. The Balaban J connectivity index is 1.61. The molecule has 2 aromatic carbocycles. The van der Waals surface area contributed by atoms with Crippen molar-refractivity contribution in [1.29, 1.82) is 0 Å². The van der Waals surface area contributed by atoms with Gasteiger partial charge in [-0.25, -0.2) is 4.79 Å². The molecule has 5 rings (SSSR count). The van der Waals surface area contributed by atoms with Gasteiger partial charge in [-0.1, -0.05) is 0 Å². The molecule has 3 aliphatic rings. The molecule has 1 fully saturated rings. The van der Waals surface area contributed by atoms with E-state index in [2.05, 4.69) is 5.32 Å². The Morgan fingerprint density at radius 2 is 1.64 bits per heavy atom. The fraction of sp³-hybridized carbons (Fsp3) is 0.444. The average Bonchev–Trinajstić information content (AvgIpc) is 3.02. The summed E-state index contributed by atoms with van der Waals surface area (Å²) in [7, 11) is 6.36. The summed E-state index contributed by atoms with van der Waals surface area (Å²) in [6.45, 7) is 2.11. The van der Waals surface area contributed by atoms with Crippen LogP contribution in [-0.4, -0.2) is 111 Å². The predicted octanol–water partition coefficient (Wildman–Crippen LogP) is 2.85. The molecule has 53 heavy (non-hydrogen) atoms. The van der Waals surface area contributed by atoms with E-state index in [1.54, 1.807) is 25.1 Å². The minimum atomic E-state index is -4.60. The number of likely N-dealkylation sites (N-methyl/N-ethyl adjacent to an activating group) is 1. The van der Waals surface area contributed by atoms with Crippen LogP contribution in [0.5, 0.6) is 5.75 Å². The highest BCUT2D eigenvalue weighted by molar-refractivity contribution is 6.24. The topological polar surface area (TPSA) is 217 Å². The fourth-order valence-electron chi connectivity index (χ4n) is 7.68. The highest BCUT2D eigenvalue weighted by Gasteiger charge is 2.64. The number of hydrogen-bond donors (Lipinski definition) is 7. The van der Waals surface area contributed by atoms with Crippen LogP contribution in [0.25, 0.3) is 5.76 Å². The standard InChI is InChI=1S/C36H42F3N5O9/c1-34(2,52)15-44(33(51)41-19-9-7-18(8-10-19)36(37,38)39)14-17-13-22(42(3)4)20-11-16-12-21-26(43(5)6)29(47)25(32(40)50)31(49)35(21,53)30(48)23(16)28(46)24(20)27(17)45/h7-10,13,16,21,26,45-46,49,52-53H,11-12,14-15H2,1-6H3,(H2,40,50)(H,41,51)/t16-,21-,26-,35-/m0/s1. The Kier molecular flexibility index (Phi) is 9.86. The number of aromatic hydroxyl groups is 1. The molecule has 17 heteroatoms. The van der Waals surface area contributed by atoms with E-state index in [-0.39, 0.29) is 41.8 Å². The number of aliphatic hydroxyl groups excluding tert-OH is 2. The molecule has 286 valence electrons. The van der Waals surface area contributed by atoms with Crippen molar-refractivity contribution in [1.82, 2.24) is 9.80 Å². The van der Waals surface area contributed by atoms with Crippen molar-refractivity contribution in [3.63, 3.8) is 0 Å². The third-order valence-electron chi connectivity index (χ3n) is 9.95. The first-order valence-electron chi connectivity index (χ1n) is 16.6. The summed E-state index contributed by atoms with van der Waals surface area (Å²) < 4.78 is 39.3. The van der Waals surface area contributed by atoms with Crippen LogP contribution in [0.4, 0.5) is 29.3 Å². The molecule has 0 saturated heterocycles. The third-order valence-corrected chi connectivity index (χ3v) is 9.95. The Bertz CT molecular complexity index is 1950. The maximum Gasteiger partial charge on any atom is 0.416 e. The van der Waals surface area contributed by atoms with Crippen LogP contribution >= 0.6 is 0 Å². The molecular formula is C36H42F3N5O9. The van der Waals surface area contributed by atoms with E-state index in [9.17, 15) is 57.9 Å². The number of nitrogens with zero attached hydrogens (tertiary/aromatic N) is 3. The number of ketones is 2. The lowest BCUT2D eigenvalue weighted by Gasteiger charge is -2.50. The second kappa shape index (κ2) is 13.4. The molecule has 0 radical (unpaired) electrons. The van der Waals surface area contributed by atoms with Crippen molar-refractivity contribution in [2.75, 3.05) is 45.0 Å². The van der Waals surface area contributed by atoms with Gasteiger partial charge in [-0.3, -0.25) is 19.3 Å². The van der Waals surface area contributed by atoms with Crippen LogP contribution in [0.15, 0.2) is 47.2 Å². The summed E-state index contributed by atoms with van der Waals surface area (Å²) in [6.07, 6.45) is -4.68. The number of alkyl halides is 3. The number of carbonyl (C=O) groups excluding carboxylic acids is 4. The van der Waals surface area contributed by atoms with Crippen molar-refractivity contribution in [3.05, 3.63) is 69.5 Å². The van der Waals surface area contributed by atoms with Crippen molar-refractivity contribution in [2.45, 2.75) is 56.7 Å². The van der Waals surface area contributed by atoms with Gasteiger partial charge in [-0.05, 0) is 82.6 Å². The van der Waals surface area contributed by atoms with Crippen molar-refractivity contribution < 1.29 is 57.9 Å². The summed E-state index contributed by atoms with van der Waals surface area (Å²) in [5.74, 6) is -7.99. The molecule has 2 aromatic rings. The number of benzene rings is 2. The first-order chi connectivity index (χ1) is 24.4. The predicted molar refractivity (Wildman–Crippen MR) is 186 cm³/mol. The number of Topliss-reactive ketones (excluding diaryl/α,β-unsaturated/α-hetero) is 2.